The van der Waals surface area contributed by atoms with Gasteiger partial charge in [0.2, 0.25) is 0 Å². The SMILES string of the molecule is CN1CCO[C@H]2CN(C(=O)C3(F)CC3)C[C@H]21. The fourth-order valence-corrected chi connectivity index (χ4v) is 2.63. The third-order valence-corrected chi connectivity index (χ3v) is 3.94. The average molecular weight is 228 g/mol. The van der Waals surface area contributed by atoms with Crippen molar-refractivity contribution >= 4 is 5.91 Å². The maximum atomic E-state index is 13.7. The number of morpholine rings is 1. The van der Waals surface area contributed by atoms with Crippen LogP contribution in [0.25, 0.3) is 0 Å². The summed E-state index contributed by atoms with van der Waals surface area (Å²) in [6.45, 7) is 2.77. The number of carbonyl (C=O) groups is 1. The maximum absolute atomic E-state index is 13.7. The van der Waals surface area contributed by atoms with Crippen molar-refractivity contribution in [1.29, 1.82) is 0 Å². The molecule has 3 aliphatic rings. The Kier molecular flexibility index (Phi) is 2.23. The average Bonchev–Trinajstić information content (AvgIpc) is 2.86. The highest BCUT2D eigenvalue weighted by Gasteiger charge is 2.55. The normalized spacial score (nSPS) is 37.2. The Balaban J connectivity index is 1.69. The lowest BCUT2D eigenvalue weighted by molar-refractivity contribution is -0.137. The Bertz CT molecular complexity index is 319. The minimum atomic E-state index is -1.54. The highest BCUT2D eigenvalue weighted by Crippen LogP contribution is 2.42. The van der Waals surface area contributed by atoms with E-state index in [0.29, 0.717) is 32.5 Å². The molecule has 0 spiro atoms. The number of hydrogen-bond acceptors (Lipinski definition) is 3. The molecule has 90 valence electrons. The molecule has 0 aromatic carbocycles. The van der Waals surface area contributed by atoms with Gasteiger partial charge in [0.1, 0.15) is 0 Å². The van der Waals surface area contributed by atoms with Crippen LogP contribution in [0.5, 0.6) is 0 Å². The molecule has 0 radical (unpaired) electrons. The van der Waals surface area contributed by atoms with E-state index in [2.05, 4.69) is 4.90 Å². The zero-order valence-corrected chi connectivity index (χ0v) is 9.49. The molecule has 3 rings (SSSR count). The first-order valence-corrected chi connectivity index (χ1v) is 5.90. The molecule has 3 fully saturated rings. The second-order valence-electron chi connectivity index (χ2n) is 5.13. The van der Waals surface area contributed by atoms with Crippen LogP contribution in [0.3, 0.4) is 0 Å². The number of likely N-dealkylation sites (N-methyl/N-ethyl adjacent to an activating group) is 1. The standard InChI is InChI=1S/C11H17FN2O2/c1-13-4-5-16-9-7-14(6-8(9)13)10(15)11(12)2-3-11/h8-9H,2-7H2,1H3/t8-,9+/m1/s1. The van der Waals surface area contributed by atoms with Crippen LogP contribution in [-0.4, -0.2) is 66.8 Å². The van der Waals surface area contributed by atoms with Crippen LogP contribution in [0.4, 0.5) is 4.39 Å². The second-order valence-corrected chi connectivity index (χ2v) is 5.13. The quantitative estimate of drug-likeness (QED) is 0.635. The van der Waals surface area contributed by atoms with Crippen LogP contribution in [-0.2, 0) is 9.53 Å². The van der Waals surface area contributed by atoms with Crippen molar-refractivity contribution in [2.45, 2.75) is 30.7 Å². The van der Waals surface area contributed by atoms with E-state index in [1.54, 1.807) is 4.90 Å². The van der Waals surface area contributed by atoms with E-state index in [-0.39, 0.29) is 18.1 Å². The molecular weight excluding hydrogens is 211 g/mol. The Hall–Kier alpha value is -0.680. The Morgan fingerprint density at radius 3 is 2.81 bits per heavy atom. The summed E-state index contributed by atoms with van der Waals surface area (Å²) in [5, 5.41) is 0. The van der Waals surface area contributed by atoms with Gasteiger partial charge in [-0.15, -0.1) is 0 Å². The minimum Gasteiger partial charge on any atom is -0.373 e. The molecule has 16 heavy (non-hydrogen) atoms. The van der Waals surface area contributed by atoms with Crippen molar-refractivity contribution in [3.63, 3.8) is 0 Å². The molecule has 2 aliphatic heterocycles. The molecule has 1 amide bonds. The van der Waals surface area contributed by atoms with E-state index in [9.17, 15) is 9.18 Å². The van der Waals surface area contributed by atoms with E-state index in [1.165, 1.54) is 0 Å². The monoisotopic (exact) mass is 228 g/mol. The van der Waals surface area contributed by atoms with Gasteiger partial charge in [0.25, 0.3) is 5.91 Å². The second kappa shape index (κ2) is 3.40. The van der Waals surface area contributed by atoms with Crippen LogP contribution in [0.15, 0.2) is 0 Å². The molecule has 2 heterocycles. The van der Waals surface area contributed by atoms with Gasteiger partial charge in [-0.25, -0.2) is 4.39 Å². The molecule has 2 atom stereocenters. The van der Waals surface area contributed by atoms with Gasteiger partial charge in [-0.1, -0.05) is 0 Å². The molecule has 2 saturated heterocycles. The first kappa shape index (κ1) is 10.5. The summed E-state index contributed by atoms with van der Waals surface area (Å²) in [6, 6.07) is 0.250. The number of rotatable bonds is 1. The summed E-state index contributed by atoms with van der Waals surface area (Å²) in [7, 11) is 2.04. The molecular formula is C11H17FN2O2. The molecule has 0 aromatic rings. The van der Waals surface area contributed by atoms with E-state index in [0.717, 1.165) is 6.54 Å². The summed E-state index contributed by atoms with van der Waals surface area (Å²) in [4.78, 5) is 15.7. The molecule has 1 saturated carbocycles. The van der Waals surface area contributed by atoms with Gasteiger partial charge in [0.05, 0.1) is 18.8 Å². The highest BCUT2D eigenvalue weighted by molar-refractivity contribution is 5.88. The van der Waals surface area contributed by atoms with E-state index in [4.69, 9.17) is 4.74 Å². The van der Waals surface area contributed by atoms with E-state index >= 15 is 0 Å². The molecule has 0 N–H and O–H groups in total. The first-order chi connectivity index (χ1) is 7.60. The topological polar surface area (TPSA) is 32.8 Å². The number of fused-ring (bicyclic) bond motifs is 1. The zero-order valence-electron chi connectivity index (χ0n) is 9.49. The summed E-state index contributed by atoms with van der Waals surface area (Å²) in [5.41, 5.74) is -1.54. The van der Waals surface area contributed by atoms with E-state index < -0.39 is 5.67 Å². The lowest BCUT2D eigenvalue weighted by atomic mass is 10.1. The Morgan fingerprint density at radius 2 is 2.19 bits per heavy atom. The molecule has 0 aromatic heterocycles. The third-order valence-electron chi connectivity index (χ3n) is 3.94. The fraction of sp³-hybridized carbons (Fsp3) is 0.909. The fourth-order valence-electron chi connectivity index (χ4n) is 2.63. The van der Waals surface area contributed by atoms with Crippen LogP contribution in [0.2, 0.25) is 0 Å². The van der Waals surface area contributed by atoms with Gasteiger partial charge in [0, 0.05) is 19.6 Å². The van der Waals surface area contributed by atoms with Gasteiger partial charge >= 0.3 is 0 Å². The number of likely N-dealkylation sites (tertiary alicyclic amines) is 1. The summed E-state index contributed by atoms with van der Waals surface area (Å²) in [6.07, 6.45) is 0.868. The Labute approximate surface area is 94.3 Å². The van der Waals surface area contributed by atoms with Crippen LogP contribution in [0.1, 0.15) is 12.8 Å². The minimum absolute atomic E-state index is 0.0741. The largest absolute Gasteiger partial charge is 0.373 e. The summed E-state index contributed by atoms with van der Waals surface area (Å²) >= 11 is 0. The van der Waals surface area contributed by atoms with Crippen LogP contribution >= 0.6 is 0 Å². The molecule has 0 bridgehead atoms. The van der Waals surface area contributed by atoms with Crippen molar-refractivity contribution in [2.75, 3.05) is 33.3 Å². The van der Waals surface area contributed by atoms with Gasteiger partial charge in [-0.05, 0) is 19.9 Å². The van der Waals surface area contributed by atoms with Gasteiger partial charge in [-0.3, -0.25) is 9.69 Å². The van der Waals surface area contributed by atoms with Crippen LogP contribution < -0.4 is 0 Å². The van der Waals surface area contributed by atoms with Crippen molar-refractivity contribution in [1.82, 2.24) is 9.80 Å². The molecule has 5 heteroatoms. The van der Waals surface area contributed by atoms with Gasteiger partial charge in [-0.2, -0.15) is 0 Å². The number of carbonyl (C=O) groups excluding carboxylic acids is 1. The molecule has 0 unspecified atom stereocenters. The number of nitrogens with zero attached hydrogens (tertiary/aromatic N) is 2. The number of hydrogen-bond donors (Lipinski definition) is 0. The predicted octanol–water partition coefficient (Wildman–Crippen LogP) is 0.0299. The third kappa shape index (κ3) is 1.53. The number of amides is 1. The smallest absolute Gasteiger partial charge is 0.260 e. The molecule has 4 nitrogen and oxygen atoms in total. The van der Waals surface area contributed by atoms with Crippen molar-refractivity contribution < 1.29 is 13.9 Å². The van der Waals surface area contributed by atoms with E-state index in [1.807, 2.05) is 7.05 Å². The van der Waals surface area contributed by atoms with Gasteiger partial charge < -0.3 is 9.64 Å². The molecule has 1 aliphatic carbocycles. The van der Waals surface area contributed by atoms with Crippen LogP contribution in [0, 0.1) is 0 Å². The lowest BCUT2D eigenvalue weighted by Gasteiger charge is -2.33. The van der Waals surface area contributed by atoms with Crippen molar-refractivity contribution in [3.05, 3.63) is 0 Å². The van der Waals surface area contributed by atoms with Crippen molar-refractivity contribution in [2.24, 2.45) is 0 Å². The summed E-state index contributed by atoms with van der Waals surface area (Å²) < 4.78 is 19.3. The first-order valence-electron chi connectivity index (χ1n) is 5.90. The lowest BCUT2D eigenvalue weighted by Crippen LogP contribution is -2.48. The maximum Gasteiger partial charge on any atom is 0.260 e. The van der Waals surface area contributed by atoms with Crippen molar-refractivity contribution in [3.8, 4) is 0 Å². The Morgan fingerprint density at radius 1 is 1.44 bits per heavy atom. The number of halogens is 1. The zero-order chi connectivity index (χ0) is 11.3. The predicted molar refractivity (Wildman–Crippen MR) is 55.8 cm³/mol. The number of ether oxygens (including phenoxy) is 1. The summed E-state index contributed by atoms with van der Waals surface area (Å²) in [5.74, 6) is -0.320. The highest BCUT2D eigenvalue weighted by atomic mass is 19.1. The van der Waals surface area contributed by atoms with Gasteiger partial charge in [0.15, 0.2) is 5.67 Å². The number of alkyl halides is 1.